The standard InChI is InChI=1S/C13H19N5O2/c14-12(19)11-2-1-5-18(11)13(20)15-7-9-6-10(17-16-9)8-3-4-8/h6,8,11H,1-5,7H2,(H2,14,19)(H,15,20)(H,16,17)/t11-/m1/s1. The number of H-pyrrole nitrogens is 1. The molecule has 1 saturated carbocycles. The number of likely N-dealkylation sites (tertiary alicyclic amines) is 1. The Morgan fingerprint density at radius 1 is 1.45 bits per heavy atom. The lowest BCUT2D eigenvalue weighted by molar-refractivity contribution is -0.121. The van der Waals surface area contributed by atoms with Gasteiger partial charge in [-0.25, -0.2) is 4.79 Å². The lowest BCUT2D eigenvalue weighted by atomic mass is 10.2. The summed E-state index contributed by atoms with van der Waals surface area (Å²) in [7, 11) is 0. The Morgan fingerprint density at radius 3 is 2.95 bits per heavy atom. The van der Waals surface area contributed by atoms with E-state index in [9.17, 15) is 9.59 Å². The van der Waals surface area contributed by atoms with Crippen LogP contribution in [0.15, 0.2) is 6.07 Å². The number of aromatic nitrogens is 2. The zero-order valence-electron chi connectivity index (χ0n) is 11.3. The molecule has 1 aliphatic heterocycles. The SMILES string of the molecule is NC(=O)[C@H]1CCCN1C(=O)NCc1cc(C2CC2)n[nH]1. The summed E-state index contributed by atoms with van der Waals surface area (Å²) in [4.78, 5) is 24.8. The maximum Gasteiger partial charge on any atom is 0.318 e. The Labute approximate surface area is 116 Å². The number of rotatable bonds is 4. The van der Waals surface area contributed by atoms with E-state index in [2.05, 4.69) is 15.5 Å². The molecule has 1 saturated heterocycles. The molecule has 1 aromatic rings. The third kappa shape index (κ3) is 2.61. The zero-order valence-corrected chi connectivity index (χ0v) is 11.3. The van der Waals surface area contributed by atoms with Crippen molar-refractivity contribution in [2.24, 2.45) is 5.73 Å². The molecule has 4 N–H and O–H groups in total. The third-order valence-corrected chi connectivity index (χ3v) is 3.92. The van der Waals surface area contributed by atoms with E-state index < -0.39 is 11.9 Å². The van der Waals surface area contributed by atoms with Crippen LogP contribution in [-0.4, -0.2) is 39.6 Å². The summed E-state index contributed by atoms with van der Waals surface area (Å²) in [6, 6.07) is 1.28. The minimum Gasteiger partial charge on any atom is -0.368 e. The van der Waals surface area contributed by atoms with Gasteiger partial charge in [-0.15, -0.1) is 0 Å². The molecule has 0 unspecified atom stereocenters. The highest BCUT2D eigenvalue weighted by Crippen LogP contribution is 2.38. The molecule has 7 heteroatoms. The van der Waals surface area contributed by atoms with Crippen LogP contribution in [0.4, 0.5) is 4.79 Å². The maximum atomic E-state index is 12.1. The Morgan fingerprint density at radius 2 is 2.25 bits per heavy atom. The zero-order chi connectivity index (χ0) is 14.1. The molecule has 2 aliphatic rings. The van der Waals surface area contributed by atoms with Crippen LogP contribution in [0.25, 0.3) is 0 Å². The summed E-state index contributed by atoms with van der Waals surface area (Å²) in [6.45, 7) is 0.969. The van der Waals surface area contributed by atoms with Crippen molar-refractivity contribution in [2.75, 3.05) is 6.54 Å². The molecule has 2 heterocycles. The molecule has 3 rings (SSSR count). The van der Waals surface area contributed by atoms with Crippen LogP contribution in [0.5, 0.6) is 0 Å². The number of urea groups is 1. The average Bonchev–Trinajstić information content (AvgIpc) is 2.98. The van der Waals surface area contributed by atoms with Crippen molar-refractivity contribution in [3.05, 3.63) is 17.5 Å². The predicted octanol–water partition coefficient (Wildman–Crippen LogP) is 0.446. The second-order valence-corrected chi connectivity index (χ2v) is 5.50. The van der Waals surface area contributed by atoms with Gasteiger partial charge in [-0.3, -0.25) is 9.89 Å². The van der Waals surface area contributed by atoms with E-state index in [0.717, 1.165) is 17.8 Å². The van der Waals surface area contributed by atoms with Gasteiger partial charge in [-0.05, 0) is 31.7 Å². The molecule has 7 nitrogen and oxygen atoms in total. The fourth-order valence-corrected chi connectivity index (χ4v) is 2.64. The molecule has 0 spiro atoms. The van der Waals surface area contributed by atoms with Crippen LogP contribution in [0.1, 0.15) is 43.0 Å². The number of amides is 3. The van der Waals surface area contributed by atoms with Gasteiger partial charge in [0.05, 0.1) is 17.9 Å². The van der Waals surface area contributed by atoms with E-state index in [-0.39, 0.29) is 6.03 Å². The summed E-state index contributed by atoms with van der Waals surface area (Å²) in [5, 5.41) is 9.97. The van der Waals surface area contributed by atoms with E-state index in [4.69, 9.17) is 5.73 Å². The van der Waals surface area contributed by atoms with Crippen molar-refractivity contribution >= 4 is 11.9 Å². The topological polar surface area (TPSA) is 104 Å². The number of carbonyl (C=O) groups excluding carboxylic acids is 2. The minimum absolute atomic E-state index is 0.242. The lowest BCUT2D eigenvalue weighted by Gasteiger charge is -2.22. The normalized spacial score (nSPS) is 22.0. The van der Waals surface area contributed by atoms with E-state index in [1.165, 1.54) is 17.7 Å². The van der Waals surface area contributed by atoms with E-state index in [1.807, 2.05) is 6.07 Å². The molecule has 1 atom stereocenters. The van der Waals surface area contributed by atoms with Crippen molar-refractivity contribution in [3.8, 4) is 0 Å². The molecular weight excluding hydrogens is 258 g/mol. The molecule has 2 fully saturated rings. The van der Waals surface area contributed by atoms with Gasteiger partial charge in [-0.2, -0.15) is 5.10 Å². The lowest BCUT2D eigenvalue weighted by Crippen LogP contribution is -2.47. The van der Waals surface area contributed by atoms with Gasteiger partial charge < -0.3 is 16.0 Å². The van der Waals surface area contributed by atoms with E-state index in [0.29, 0.717) is 25.4 Å². The number of hydrogen-bond acceptors (Lipinski definition) is 3. The number of carbonyl (C=O) groups is 2. The average molecular weight is 277 g/mol. The van der Waals surface area contributed by atoms with Gasteiger partial charge in [0, 0.05) is 12.5 Å². The predicted molar refractivity (Wildman–Crippen MR) is 71.7 cm³/mol. The van der Waals surface area contributed by atoms with Crippen LogP contribution in [0, 0.1) is 0 Å². The van der Waals surface area contributed by atoms with Gasteiger partial charge >= 0.3 is 6.03 Å². The molecule has 3 amide bonds. The first-order chi connectivity index (χ1) is 9.65. The molecule has 108 valence electrons. The van der Waals surface area contributed by atoms with Crippen LogP contribution in [0.3, 0.4) is 0 Å². The maximum absolute atomic E-state index is 12.1. The molecule has 1 aliphatic carbocycles. The molecule has 1 aromatic heterocycles. The molecule has 0 bridgehead atoms. The summed E-state index contributed by atoms with van der Waals surface area (Å²) >= 11 is 0. The fourth-order valence-electron chi connectivity index (χ4n) is 2.64. The van der Waals surface area contributed by atoms with Crippen LogP contribution >= 0.6 is 0 Å². The summed E-state index contributed by atoms with van der Waals surface area (Å²) in [6.07, 6.45) is 3.87. The van der Waals surface area contributed by atoms with E-state index >= 15 is 0 Å². The molecule has 0 radical (unpaired) electrons. The molecular formula is C13H19N5O2. The van der Waals surface area contributed by atoms with Crippen molar-refractivity contribution in [2.45, 2.75) is 44.2 Å². The number of nitrogens with two attached hydrogens (primary N) is 1. The Hall–Kier alpha value is -2.05. The Kier molecular flexibility index (Phi) is 3.33. The number of nitrogens with one attached hydrogen (secondary N) is 2. The van der Waals surface area contributed by atoms with Gasteiger partial charge in [0.25, 0.3) is 0 Å². The fraction of sp³-hybridized carbons (Fsp3) is 0.615. The first-order valence-corrected chi connectivity index (χ1v) is 7.03. The number of aromatic amines is 1. The van der Waals surface area contributed by atoms with Gasteiger partial charge in [-0.1, -0.05) is 0 Å². The second-order valence-electron chi connectivity index (χ2n) is 5.50. The first kappa shape index (κ1) is 13.0. The molecule has 0 aromatic carbocycles. The summed E-state index contributed by atoms with van der Waals surface area (Å²) in [5.74, 6) is 0.156. The third-order valence-electron chi connectivity index (χ3n) is 3.92. The van der Waals surface area contributed by atoms with Gasteiger partial charge in [0.2, 0.25) is 5.91 Å². The first-order valence-electron chi connectivity index (χ1n) is 7.03. The van der Waals surface area contributed by atoms with Gasteiger partial charge in [0.15, 0.2) is 0 Å². The highest BCUT2D eigenvalue weighted by atomic mass is 16.2. The van der Waals surface area contributed by atoms with Crippen molar-refractivity contribution in [3.63, 3.8) is 0 Å². The largest absolute Gasteiger partial charge is 0.368 e. The minimum atomic E-state index is -0.473. The summed E-state index contributed by atoms with van der Waals surface area (Å²) < 4.78 is 0. The highest BCUT2D eigenvalue weighted by Gasteiger charge is 2.32. The Balaban J connectivity index is 1.54. The van der Waals surface area contributed by atoms with Crippen molar-refractivity contribution < 1.29 is 9.59 Å². The number of hydrogen-bond donors (Lipinski definition) is 3. The molecule has 20 heavy (non-hydrogen) atoms. The van der Waals surface area contributed by atoms with Crippen LogP contribution < -0.4 is 11.1 Å². The monoisotopic (exact) mass is 277 g/mol. The highest BCUT2D eigenvalue weighted by molar-refractivity contribution is 5.86. The van der Waals surface area contributed by atoms with E-state index in [1.54, 1.807) is 0 Å². The van der Waals surface area contributed by atoms with Crippen LogP contribution in [-0.2, 0) is 11.3 Å². The smallest absolute Gasteiger partial charge is 0.318 e. The quantitative estimate of drug-likeness (QED) is 0.744. The Bertz CT molecular complexity index is 523. The van der Waals surface area contributed by atoms with Gasteiger partial charge in [0.1, 0.15) is 6.04 Å². The summed E-state index contributed by atoms with van der Waals surface area (Å²) in [5.41, 5.74) is 7.26. The van der Waals surface area contributed by atoms with Crippen molar-refractivity contribution in [1.29, 1.82) is 0 Å². The van der Waals surface area contributed by atoms with Crippen LogP contribution in [0.2, 0.25) is 0 Å². The second kappa shape index (κ2) is 5.15. The number of primary amides is 1. The number of nitrogens with zero attached hydrogens (tertiary/aromatic N) is 2. The van der Waals surface area contributed by atoms with Crippen molar-refractivity contribution in [1.82, 2.24) is 20.4 Å².